The predicted molar refractivity (Wildman–Crippen MR) is 55.1 cm³/mol. The highest BCUT2D eigenvalue weighted by Crippen LogP contribution is 2.22. The van der Waals surface area contributed by atoms with Crippen molar-refractivity contribution in [2.75, 3.05) is 0 Å². The lowest BCUT2D eigenvalue weighted by molar-refractivity contribution is 0.475. The fraction of sp³-hybridized carbons (Fsp3) is 0.400. The first-order chi connectivity index (χ1) is 6.09. The molecule has 0 aliphatic carbocycles. The molecule has 0 aliphatic rings. The molecule has 1 atom stereocenters. The monoisotopic (exact) mass is 199 g/mol. The van der Waals surface area contributed by atoms with Crippen molar-refractivity contribution >= 4 is 11.6 Å². The summed E-state index contributed by atoms with van der Waals surface area (Å²) in [6, 6.07) is 5.21. The fourth-order valence-electron chi connectivity index (χ4n) is 1.12. The third-order valence-corrected chi connectivity index (χ3v) is 2.26. The molecule has 0 spiro atoms. The molecule has 1 unspecified atom stereocenters. The van der Waals surface area contributed by atoms with Crippen molar-refractivity contribution in [1.29, 1.82) is 0 Å². The number of aryl methyl sites for hydroxylation is 1. The summed E-state index contributed by atoms with van der Waals surface area (Å²) in [6.45, 7) is 1.97. The maximum atomic E-state index is 9.11. The zero-order chi connectivity index (χ0) is 9.84. The average Bonchev–Trinajstić information content (AvgIpc) is 2.02. The summed E-state index contributed by atoms with van der Waals surface area (Å²) in [7, 11) is 0. The van der Waals surface area contributed by atoms with Gasteiger partial charge in [-0.1, -0.05) is 17.7 Å². The summed E-state index contributed by atoms with van der Waals surface area (Å²) in [5.41, 5.74) is 6.67. The summed E-state index contributed by atoms with van der Waals surface area (Å²) in [6.07, 6.45) is 1.77. The fourth-order valence-corrected chi connectivity index (χ4v) is 1.39. The molecular weight excluding hydrogens is 186 g/mol. The van der Waals surface area contributed by atoms with Crippen LogP contribution >= 0.6 is 11.6 Å². The van der Waals surface area contributed by atoms with Crippen molar-refractivity contribution < 1.29 is 5.11 Å². The summed E-state index contributed by atoms with van der Waals surface area (Å²) in [5.74, 6) is 0.203. The Balaban J connectivity index is 2.67. The van der Waals surface area contributed by atoms with Gasteiger partial charge in [0.15, 0.2) is 0 Å². The minimum Gasteiger partial charge on any atom is -0.508 e. The molecule has 1 rings (SSSR count). The molecular formula is C10H14ClNO. The minimum atomic E-state index is 0.185. The number of nitrogens with two attached hydrogens (primary N) is 1. The summed E-state index contributed by atoms with van der Waals surface area (Å²) < 4.78 is 0. The van der Waals surface area contributed by atoms with Crippen molar-refractivity contribution in [3.8, 4) is 5.75 Å². The SMILES string of the molecule is CC(N)CCc1ccc(O)cc1Cl. The lowest BCUT2D eigenvalue weighted by Crippen LogP contribution is -2.15. The van der Waals surface area contributed by atoms with Crippen molar-refractivity contribution in [2.45, 2.75) is 25.8 Å². The van der Waals surface area contributed by atoms with Crippen molar-refractivity contribution in [1.82, 2.24) is 0 Å². The molecule has 0 fully saturated rings. The maximum Gasteiger partial charge on any atom is 0.117 e. The topological polar surface area (TPSA) is 46.2 Å². The van der Waals surface area contributed by atoms with Crippen LogP contribution in [-0.2, 0) is 6.42 Å². The number of benzene rings is 1. The van der Waals surface area contributed by atoms with Crippen molar-refractivity contribution in [2.24, 2.45) is 5.73 Å². The molecule has 1 aromatic rings. The molecule has 0 amide bonds. The Labute approximate surface area is 83.3 Å². The van der Waals surface area contributed by atoms with E-state index in [1.54, 1.807) is 12.1 Å². The second-order valence-corrected chi connectivity index (χ2v) is 3.70. The highest BCUT2D eigenvalue weighted by Gasteiger charge is 2.02. The Morgan fingerprint density at radius 2 is 2.23 bits per heavy atom. The van der Waals surface area contributed by atoms with Gasteiger partial charge >= 0.3 is 0 Å². The molecule has 2 nitrogen and oxygen atoms in total. The van der Waals surface area contributed by atoms with Crippen LogP contribution in [0.15, 0.2) is 18.2 Å². The first-order valence-electron chi connectivity index (χ1n) is 4.32. The van der Waals surface area contributed by atoms with Crippen LogP contribution in [0.25, 0.3) is 0 Å². The van der Waals surface area contributed by atoms with E-state index in [4.69, 9.17) is 22.4 Å². The Hall–Kier alpha value is -0.730. The van der Waals surface area contributed by atoms with E-state index >= 15 is 0 Å². The van der Waals surface area contributed by atoms with Crippen LogP contribution in [0, 0.1) is 0 Å². The first kappa shape index (κ1) is 10.4. The largest absolute Gasteiger partial charge is 0.508 e. The molecule has 13 heavy (non-hydrogen) atoms. The van der Waals surface area contributed by atoms with Gasteiger partial charge in [0.25, 0.3) is 0 Å². The Bertz CT molecular complexity index is 286. The number of hydrogen-bond donors (Lipinski definition) is 2. The van der Waals surface area contributed by atoms with Gasteiger partial charge in [0.2, 0.25) is 0 Å². The Morgan fingerprint density at radius 1 is 1.54 bits per heavy atom. The Morgan fingerprint density at radius 3 is 2.77 bits per heavy atom. The lowest BCUT2D eigenvalue weighted by atomic mass is 10.1. The van der Waals surface area contributed by atoms with Crippen LogP contribution in [0.1, 0.15) is 18.9 Å². The molecule has 3 heteroatoms. The van der Waals surface area contributed by atoms with Gasteiger partial charge in [-0.3, -0.25) is 0 Å². The second kappa shape index (κ2) is 4.49. The van der Waals surface area contributed by atoms with E-state index in [0.717, 1.165) is 18.4 Å². The molecule has 0 aromatic heterocycles. The number of aromatic hydroxyl groups is 1. The number of hydrogen-bond acceptors (Lipinski definition) is 2. The zero-order valence-electron chi connectivity index (χ0n) is 7.63. The van der Waals surface area contributed by atoms with Gasteiger partial charge in [0.05, 0.1) is 0 Å². The number of phenols is 1. The van der Waals surface area contributed by atoms with E-state index in [0.29, 0.717) is 5.02 Å². The third kappa shape index (κ3) is 3.25. The highest BCUT2D eigenvalue weighted by atomic mass is 35.5. The molecule has 0 bridgehead atoms. The van der Waals surface area contributed by atoms with Gasteiger partial charge in [-0.05, 0) is 37.5 Å². The number of phenolic OH excluding ortho intramolecular Hbond substituents is 1. The van der Waals surface area contributed by atoms with Crippen LogP contribution in [0.2, 0.25) is 5.02 Å². The Kier molecular flexibility index (Phi) is 3.58. The van der Waals surface area contributed by atoms with Crippen molar-refractivity contribution in [3.63, 3.8) is 0 Å². The molecule has 0 saturated heterocycles. The molecule has 72 valence electrons. The van der Waals surface area contributed by atoms with E-state index in [1.807, 2.05) is 13.0 Å². The highest BCUT2D eigenvalue weighted by molar-refractivity contribution is 6.31. The van der Waals surface area contributed by atoms with Gasteiger partial charge in [-0.25, -0.2) is 0 Å². The average molecular weight is 200 g/mol. The molecule has 0 aliphatic heterocycles. The van der Waals surface area contributed by atoms with E-state index in [-0.39, 0.29) is 11.8 Å². The normalized spacial score (nSPS) is 12.8. The van der Waals surface area contributed by atoms with Gasteiger partial charge in [-0.15, -0.1) is 0 Å². The third-order valence-electron chi connectivity index (χ3n) is 1.91. The molecule has 1 aromatic carbocycles. The van der Waals surface area contributed by atoms with Gasteiger partial charge in [0, 0.05) is 11.1 Å². The van der Waals surface area contributed by atoms with Crippen molar-refractivity contribution in [3.05, 3.63) is 28.8 Å². The summed E-state index contributed by atoms with van der Waals surface area (Å²) in [5, 5.41) is 9.72. The predicted octanol–water partition coefficient (Wildman–Crippen LogP) is 2.33. The van der Waals surface area contributed by atoms with Crippen LogP contribution < -0.4 is 5.73 Å². The molecule has 3 N–H and O–H groups in total. The molecule has 0 saturated carbocycles. The lowest BCUT2D eigenvalue weighted by Gasteiger charge is -2.06. The van der Waals surface area contributed by atoms with Crippen LogP contribution in [0.3, 0.4) is 0 Å². The quantitative estimate of drug-likeness (QED) is 0.785. The van der Waals surface area contributed by atoms with Crippen LogP contribution in [-0.4, -0.2) is 11.1 Å². The second-order valence-electron chi connectivity index (χ2n) is 3.29. The molecule has 0 heterocycles. The van der Waals surface area contributed by atoms with E-state index < -0.39 is 0 Å². The molecule has 0 radical (unpaired) electrons. The van der Waals surface area contributed by atoms with E-state index in [2.05, 4.69) is 0 Å². The number of rotatable bonds is 3. The summed E-state index contributed by atoms with van der Waals surface area (Å²) in [4.78, 5) is 0. The van der Waals surface area contributed by atoms with E-state index in [1.165, 1.54) is 0 Å². The van der Waals surface area contributed by atoms with Crippen LogP contribution in [0.4, 0.5) is 0 Å². The minimum absolute atomic E-state index is 0.185. The van der Waals surface area contributed by atoms with Gasteiger partial charge in [0.1, 0.15) is 5.75 Å². The first-order valence-corrected chi connectivity index (χ1v) is 4.70. The number of halogens is 1. The standard InChI is InChI=1S/C10H14ClNO/c1-7(12)2-3-8-4-5-9(13)6-10(8)11/h4-7,13H,2-3,12H2,1H3. The van der Waals surface area contributed by atoms with Crippen LogP contribution in [0.5, 0.6) is 5.75 Å². The zero-order valence-corrected chi connectivity index (χ0v) is 8.38. The summed E-state index contributed by atoms with van der Waals surface area (Å²) >= 11 is 5.91. The maximum absolute atomic E-state index is 9.11. The van der Waals surface area contributed by atoms with Gasteiger partial charge < -0.3 is 10.8 Å². The smallest absolute Gasteiger partial charge is 0.117 e. The van der Waals surface area contributed by atoms with E-state index in [9.17, 15) is 0 Å². The van der Waals surface area contributed by atoms with Gasteiger partial charge in [-0.2, -0.15) is 0 Å².